The highest BCUT2D eigenvalue weighted by atomic mass is 16.5. The van der Waals surface area contributed by atoms with Crippen LogP contribution in [0.25, 0.3) is 11.3 Å². The fraction of sp³-hybridized carbons (Fsp3) is 0.214. The van der Waals surface area contributed by atoms with E-state index in [0.717, 1.165) is 16.9 Å². The van der Waals surface area contributed by atoms with Crippen molar-refractivity contribution in [3.63, 3.8) is 0 Å². The van der Waals surface area contributed by atoms with Gasteiger partial charge in [0.05, 0.1) is 29.6 Å². The number of amides is 2. The van der Waals surface area contributed by atoms with E-state index >= 15 is 0 Å². The van der Waals surface area contributed by atoms with E-state index in [0.29, 0.717) is 41.1 Å². The van der Waals surface area contributed by atoms with Crippen LogP contribution in [-0.2, 0) is 14.3 Å². The molecule has 0 fully saturated rings. The molecule has 0 atom stereocenters. The van der Waals surface area contributed by atoms with E-state index in [1.54, 1.807) is 48.6 Å². The van der Waals surface area contributed by atoms with Crippen molar-refractivity contribution in [3.05, 3.63) is 83.7 Å². The van der Waals surface area contributed by atoms with E-state index in [1.807, 2.05) is 49.3 Å². The molecule has 4 rings (SSSR count). The average molecular weight is 500 g/mol. The molecule has 0 radical (unpaired) electrons. The number of esters is 1. The maximum atomic E-state index is 13.1. The first-order valence-electron chi connectivity index (χ1n) is 11.8. The number of nitrogens with zero attached hydrogens (tertiary/aromatic N) is 3. The summed E-state index contributed by atoms with van der Waals surface area (Å²) in [4.78, 5) is 45.4. The van der Waals surface area contributed by atoms with Crippen molar-refractivity contribution in [2.24, 2.45) is 0 Å². The normalized spacial score (nSPS) is 13.6. The van der Waals surface area contributed by atoms with Gasteiger partial charge in [0, 0.05) is 54.9 Å². The summed E-state index contributed by atoms with van der Waals surface area (Å²) in [6, 6.07) is 16.0. The molecule has 9 nitrogen and oxygen atoms in total. The largest absolute Gasteiger partial charge is 0.465 e. The molecule has 2 N–H and O–H groups in total. The molecular weight excluding hydrogens is 470 g/mol. The Morgan fingerprint density at radius 3 is 2.43 bits per heavy atom. The molecule has 1 aliphatic rings. The van der Waals surface area contributed by atoms with Crippen LogP contribution >= 0.6 is 0 Å². The van der Waals surface area contributed by atoms with Gasteiger partial charge in [-0.1, -0.05) is 6.07 Å². The van der Waals surface area contributed by atoms with Crippen LogP contribution in [-0.4, -0.2) is 62.5 Å². The topological polar surface area (TPSA) is 104 Å². The van der Waals surface area contributed by atoms with Crippen LogP contribution in [0.1, 0.15) is 27.9 Å². The molecule has 1 aromatic heterocycles. The Hall–Kier alpha value is -4.50. The van der Waals surface area contributed by atoms with Gasteiger partial charge in [0.25, 0.3) is 5.91 Å². The molecule has 0 saturated carbocycles. The standard InChI is InChI=1S/C28H29N5O4/c1-32(2)15-13-24(34)33(3)21-10-8-20(9-11-21)30-26(19-6-5-14-29-17-19)25-22-12-7-18(28(36)37-4)16-23(22)31-27(25)35/h5-12,14,16-17,30H,13,15H2,1-4H3,(H,31,35). The minimum atomic E-state index is -0.481. The number of carbonyl (C=O) groups is 3. The first-order valence-corrected chi connectivity index (χ1v) is 11.8. The molecule has 0 aliphatic carbocycles. The molecule has 37 heavy (non-hydrogen) atoms. The summed E-state index contributed by atoms with van der Waals surface area (Å²) in [5.41, 5.74) is 4.75. The predicted octanol–water partition coefficient (Wildman–Crippen LogP) is 3.72. The maximum absolute atomic E-state index is 13.1. The van der Waals surface area contributed by atoms with Gasteiger partial charge in [0.15, 0.2) is 0 Å². The second-order valence-corrected chi connectivity index (χ2v) is 8.88. The van der Waals surface area contributed by atoms with E-state index in [1.165, 1.54) is 7.11 Å². The number of methoxy groups -OCH3 is 1. The second kappa shape index (κ2) is 11.0. The smallest absolute Gasteiger partial charge is 0.337 e. The predicted molar refractivity (Wildman–Crippen MR) is 144 cm³/mol. The molecule has 1 aliphatic heterocycles. The summed E-state index contributed by atoms with van der Waals surface area (Å²) in [5, 5.41) is 6.22. The number of ether oxygens (including phenoxy) is 1. The van der Waals surface area contributed by atoms with E-state index in [2.05, 4.69) is 15.6 Å². The quantitative estimate of drug-likeness (QED) is 0.360. The lowest BCUT2D eigenvalue weighted by molar-refractivity contribution is -0.118. The van der Waals surface area contributed by atoms with Gasteiger partial charge in [-0.2, -0.15) is 0 Å². The third-order valence-corrected chi connectivity index (χ3v) is 6.06. The van der Waals surface area contributed by atoms with Crippen LogP contribution in [0.3, 0.4) is 0 Å². The lowest BCUT2D eigenvalue weighted by Gasteiger charge is -2.20. The number of nitrogens with one attached hydrogen (secondary N) is 2. The Morgan fingerprint density at radius 1 is 1.03 bits per heavy atom. The highest BCUT2D eigenvalue weighted by molar-refractivity contribution is 6.37. The SMILES string of the molecule is COC(=O)c1ccc2c(c1)NC(=O)C2=C(Nc1ccc(N(C)C(=O)CCN(C)C)cc1)c1cccnc1. The lowest BCUT2D eigenvalue weighted by Crippen LogP contribution is -2.29. The summed E-state index contributed by atoms with van der Waals surface area (Å²) in [5.74, 6) is -0.755. The monoisotopic (exact) mass is 499 g/mol. The summed E-state index contributed by atoms with van der Waals surface area (Å²) in [7, 11) is 6.94. The van der Waals surface area contributed by atoms with Gasteiger partial charge in [-0.3, -0.25) is 14.6 Å². The second-order valence-electron chi connectivity index (χ2n) is 8.88. The highest BCUT2D eigenvalue weighted by Crippen LogP contribution is 2.38. The molecule has 2 aromatic carbocycles. The van der Waals surface area contributed by atoms with Crippen LogP contribution in [0, 0.1) is 0 Å². The number of pyridine rings is 1. The van der Waals surface area contributed by atoms with E-state index in [-0.39, 0.29) is 11.8 Å². The average Bonchev–Trinajstić information content (AvgIpc) is 3.24. The van der Waals surface area contributed by atoms with Crippen LogP contribution in [0.5, 0.6) is 0 Å². The molecule has 2 amide bonds. The fourth-order valence-corrected chi connectivity index (χ4v) is 4.00. The van der Waals surface area contributed by atoms with Crippen LogP contribution < -0.4 is 15.5 Å². The highest BCUT2D eigenvalue weighted by Gasteiger charge is 2.29. The van der Waals surface area contributed by atoms with Crippen molar-refractivity contribution < 1.29 is 19.1 Å². The number of benzene rings is 2. The van der Waals surface area contributed by atoms with Crippen molar-refractivity contribution in [3.8, 4) is 0 Å². The first-order chi connectivity index (χ1) is 17.8. The third-order valence-electron chi connectivity index (χ3n) is 6.06. The van der Waals surface area contributed by atoms with Crippen LogP contribution in [0.15, 0.2) is 67.0 Å². The van der Waals surface area contributed by atoms with E-state index < -0.39 is 5.97 Å². The van der Waals surface area contributed by atoms with Crippen molar-refractivity contribution in [2.75, 3.05) is 50.3 Å². The number of rotatable bonds is 8. The molecule has 0 unspecified atom stereocenters. The zero-order valence-corrected chi connectivity index (χ0v) is 21.2. The van der Waals surface area contributed by atoms with Gasteiger partial charge >= 0.3 is 5.97 Å². The van der Waals surface area contributed by atoms with Gasteiger partial charge in [0.2, 0.25) is 5.91 Å². The van der Waals surface area contributed by atoms with Gasteiger partial charge in [-0.15, -0.1) is 0 Å². The lowest BCUT2D eigenvalue weighted by atomic mass is 9.99. The maximum Gasteiger partial charge on any atom is 0.337 e. The van der Waals surface area contributed by atoms with Gasteiger partial charge in [-0.25, -0.2) is 4.79 Å². The zero-order valence-electron chi connectivity index (χ0n) is 21.2. The molecule has 0 bridgehead atoms. The van der Waals surface area contributed by atoms with Crippen molar-refractivity contribution >= 4 is 46.1 Å². The van der Waals surface area contributed by atoms with Crippen molar-refractivity contribution in [1.29, 1.82) is 0 Å². The van der Waals surface area contributed by atoms with E-state index in [9.17, 15) is 14.4 Å². The number of fused-ring (bicyclic) bond motifs is 1. The Balaban J connectivity index is 1.67. The van der Waals surface area contributed by atoms with Gasteiger partial charge in [0.1, 0.15) is 0 Å². The number of hydrogen-bond donors (Lipinski definition) is 2. The minimum Gasteiger partial charge on any atom is -0.465 e. The van der Waals surface area contributed by atoms with Gasteiger partial charge < -0.3 is 25.2 Å². The van der Waals surface area contributed by atoms with Crippen LogP contribution in [0.2, 0.25) is 0 Å². The first kappa shape index (κ1) is 25.6. The Kier molecular flexibility index (Phi) is 7.64. The van der Waals surface area contributed by atoms with Gasteiger partial charge in [-0.05, 0) is 62.6 Å². The molecule has 2 heterocycles. The molecule has 0 saturated heterocycles. The van der Waals surface area contributed by atoms with Crippen molar-refractivity contribution in [1.82, 2.24) is 9.88 Å². The molecule has 190 valence electrons. The minimum absolute atomic E-state index is 0.0260. The summed E-state index contributed by atoms with van der Waals surface area (Å²) in [6.45, 7) is 0.676. The summed E-state index contributed by atoms with van der Waals surface area (Å²) < 4.78 is 4.80. The molecule has 3 aromatic rings. The fourth-order valence-electron chi connectivity index (χ4n) is 4.00. The number of aromatic nitrogens is 1. The number of carbonyl (C=O) groups excluding carboxylic acids is 3. The van der Waals surface area contributed by atoms with Crippen LogP contribution in [0.4, 0.5) is 17.1 Å². The summed E-state index contributed by atoms with van der Waals surface area (Å²) in [6.07, 6.45) is 3.76. The summed E-state index contributed by atoms with van der Waals surface area (Å²) >= 11 is 0. The third kappa shape index (κ3) is 5.68. The number of anilines is 3. The molecule has 0 spiro atoms. The zero-order chi connectivity index (χ0) is 26.5. The number of hydrogen-bond acceptors (Lipinski definition) is 7. The molecule has 9 heteroatoms. The van der Waals surface area contributed by atoms with E-state index in [4.69, 9.17) is 4.74 Å². The Bertz CT molecular complexity index is 1350. The van der Waals surface area contributed by atoms with Crippen molar-refractivity contribution in [2.45, 2.75) is 6.42 Å². The Morgan fingerprint density at radius 2 is 1.78 bits per heavy atom. The Labute approximate surface area is 215 Å². The molecular formula is C28H29N5O4.